The van der Waals surface area contributed by atoms with E-state index in [1.165, 1.54) is 0 Å². The minimum Gasteiger partial charge on any atom is -0.476 e. The molecule has 0 aliphatic carbocycles. The lowest BCUT2D eigenvalue weighted by atomic mass is 9.79. The smallest absolute Gasteiger partial charge is 0.476 e. The summed E-state index contributed by atoms with van der Waals surface area (Å²) in [6, 6.07) is 0.887. The van der Waals surface area contributed by atoms with Crippen LogP contribution < -0.4 is 5.73 Å². The molecule has 0 aliphatic rings. The summed E-state index contributed by atoms with van der Waals surface area (Å²) in [6.45, 7) is 3.01. The number of benzene rings is 1. The zero-order valence-electron chi connectivity index (χ0n) is 17.1. The van der Waals surface area contributed by atoms with Gasteiger partial charge >= 0.3 is 11.7 Å². The second-order valence-electron chi connectivity index (χ2n) is 7.55. The number of halogens is 8. The van der Waals surface area contributed by atoms with Gasteiger partial charge in [0, 0.05) is 0 Å². The Morgan fingerprint density at radius 2 is 1.71 bits per heavy atom. The number of nitrogen functional groups attached to an aromatic ring is 1. The molecule has 0 unspecified atom stereocenters. The van der Waals surface area contributed by atoms with Crippen molar-refractivity contribution in [1.82, 2.24) is 24.8 Å². The molecule has 18 heteroatoms. The molecule has 0 spiro atoms. The van der Waals surface area contributed by atoms with Gasteiger partial charge < -0.3 is 15.6 Å². The first-order valence-corrected chi connectivity index (χ1v) is 11.5. The molecule has 0 aliphatic heterocycles. The van der Waals surface area contributed by atoms with Crippen LogP contribution in [0.25, 0.3) is 17.2 Å². The van der Waals surface area contributed by atoms with Crippen LogP contribution in [0.4, 0.5) is 32.2 Å². The minimum absolute atomic E-state index is 0.0987. The number of aromatic amines is 1. The van der Waals surface area contributed by atoms with E-state index < -0.39 is 71.7 Å². The second kappa shape index (κ2) is 8.71. The lowest BCUT2D eigenvalue weighted by molar-refractivity contribution is -0.137. The van der Waals surface area contributed by atoms with Gasteiger partial charge in [-0.3, -0.25) is 0 Å². The molecule has 3 rings (SSSR count). The van der Waals surface area contributed by atoms with Gasteiger partial charge in [-0.05, 0) is 12.1 Å². The van der Waals surface area contributed by atoms with Crippen LogP contribution in [0.15, 0.2) is 17.0 Å². The summed E-state index contributed by atoms with van der Waals surface area (Å²) >= 11 is 11.8. The predicted octanol–water partition coefficient (Wildman–Crippen LogP) is 4.54. The van der Waals surface area contributed by atoms with Crippen molar-refractivity contribution in [3.63, 3.8) is 0 Å². The molecule has 3 aromatic rings. The van der Waals surface area contributed by atoms with Crippen LogP contribution in [0.1, 0.15) is 19.4 Å². The average Bonchev–Trinajstić information content (AvgIpc) is 3.24. The summed E-state index contributed by atoms with van der Waals surface area (Å²) in [5.74, 6) is -1.50. The number of anilines is 1. The van der Waals surface area contributed by atoms with E-state index in [1.54, 1.807) is 0 Å². The number of hydrogen-bond donors (Lipinski definition) is 2. The Morgan fingerprint density at radius 3 is 2.18 bits per heavy atom. The highest BCUT2D eigenvalue weighted by atomic mass is 35.5. The monoisotopic (exact) mass is 549 g/mol. The summed E-state index contributed by atoms with van der Waals surface area (Å²) < 4.78 is 104. The fourth-order valence-corrected chi connectivity index (χ4v) is 4.68. The van der Waals surface area contributed by atoms with E-state index in [0.29, 0.717) is 23.1 Å². The van der Waals surface area contributed by atoms with Crippen molar-refractivity contribution in [2.45, 2.75) is 36.7 Å². The first kappa shape index (κ1) is 26.3. The van der Waals surface area contributed by atoms with Crippen LogP contribution in [0.3, 0.4) is 0 Å². The Balaban J connectivity index is 2.33. The summed E-state index contributed by atoms with van der Waals surface area (Å²) in [5.41, 5.74) is -2.76. The average molecular weight is 550 g/mol. The van der Waals surface area contributed by atoms with E-state index in [2.05, 4.69) is 20.1 Å². The van der Waals surface area contributed by atoms with E-state index in [1.807, 2.05) is 13.8 Å². The molecule has 186 valence electrons. The van der Waals surface area contributed by atoms with E-state index in [-0.39, 0.29) is 5.92 Å². The zero-order chi connectivity index (χ0) is 25.8. The number of H-pyrrole nitrogens is 1. The molecule has 1 aromatic carbocycles. The Hall–Kier alpha value is -2.33. The summed E-state index contributed by atoms with van der Waals surface area (Å²) in [7, 11) is -6.10. The molecule has 8 nitrogen and oxygen atoms in total. The molecule has 0 saturated carbocycles. The molecule has 3 N–H and O–H groups in total. The normalized spacial score (nSPS) is 13.1. The standard InChI is InChI=1S/C16H14BCl2F6N6O2S/c1-6(2)5-17-27-14(28-30-17)10-12(34(32,33)16(23,24)25)13(26)31(29-10)11-8(18)3-7(4-9(11)19)15(20,21)22/h3-4,6,30H,5,26H2,1-2H3/q-1. The second-order valence-corrected chi connectivity index (χ2v) is 10.2. The number of aromatic nitrogens is 5. The van der Waals surface area contributed by atoms with Gasteiger partial charge in [-0.25, -0.2) is 18.2 Å². The topological polar surface area (TPSA) is 120 Å². The fraction of sp³-hybridized carbons (Fsp3) is 0.375. The largest absolute Gasteiger partial charge is 0.502 e. The van der Waals surface area contributed by atoms with E-state index >= 15 is 0 Å². The van der Waals surface area contributed by atoms with Crippen molar-refractivity contribution >= 4 is 45.5 Å². The van der Waals surface area contributed by atoms with Crippen molar-refractivity contribution < 1.29 is 34.8 Å². The summed E-state index contributed by atoms with van der Waals surface area (Å²) in [5, 5.41) is 8.68. The maximum atomic E-state index is 13.4. The Morgan fingerprint density at radius 1 is 1.15 bits per heavy atom. The van der Waals surface area contributed by atoms with Gasteiger partial charge in [0.1, 0.15) is 27.9 Å². The van der Waals surface area contributed by atoms with E-state index in [4.69, 9.17) is 28.9 Å². The van der Waals surface area contributed by atoms with E-state index in [9.17, 15) is 34.8 Å². The summed E-state index contributed by atoms with van der Waals surface area (Å²) in [6.07, 6.45) is -4.44. The molecule has 2 heterocycles. The molecule has 2 aromatic heterocycles. The third-order valence-corrected chi connectivity index (χ3v) is 6.64. The Labute approximate surface area is 198 Å². The lowest BCUT2D eigenvalue weighted by Gasteiger charge is -2.13. The van der Waals surface area contributed by atoms with Gasteiger partial charge in [0.15, 0.2) is 0 Å². The number of hydrogen-bond acceptors (Lipinski definition) is 6. The third kappa shape index (κ3) is 4.75. The fourth-order valence-electron chi connectivity index (χ4n) is 3.05. The van der Waals surface area contributed by atoms with Gasteiger partial charge in [-0.1, -0.05) is 43.0 Å². The minimum atomic E-state index is -6.10. The Bertz CT molecular complexity index is 1330. The first-order valence-electron chi connectivity index (χ1n) is 9.26. The maximum absolute atomic E-state index is 13.4. The number of nitrogens with two attached hydrogens (primary N) is 1. The molecule has 0 amide bonds. The van der Waals surface area contributed by atoms with Crippen molar-refractivity contribution in [3.05, 3.63) is 27.7 Å². The first-order chi connectivity index (χ1) is 15.4. The zero-order valence-corrected chi connectivity index (χ0v) is 19.5. The molecule has 0 atom stereocenters. The number of sulfone groups is 1. The van der Waals surface area contributed by atoms with Gasteiger partial charge in [0.05, 0.1) is 22.2 Å². The van der Waals surface area contributed by atoms with Crippen molar-refractivity contribution in [1.29, 1.82) is 0 Å². The Kier molecular flexibility index (Phi) is 6.74. The molecule has 0 bridgehead atoms. The number of nitrogens with one attached hydrogen (secondary N) is 1. The van der Waals surface area contributed by atoms with Crippen LogP contribution in [0.5, 0.6) is 0 Å². The highest BCUT2D eigenvalue weighted by molar-refractivity contribution is 7.92. The summed E-state index contributed by atoms with van der Waals surface area (Å²) in [4.78, 5) is 2.57. The SMILES string of the molecule is CC(C)C[b-]1nc(-c2nn(-c3c(Cl)cc(C(F)(F)F)cc3Cl)c(N)c2S(=O)(=O)C(F)(F)F)n[nH]1. The highest BCUT2D eigenvalue weighted by Gasteiger charge is 2.51. The third-order valence-electron chi connectivity index (χ3n) is 4.51. The van der Waals surface area contributed by atoms with Gasteiger partial charge in [0.25, 0.3) is 9.84 Å². The van der Waals surface area contributed by atoms with Crippen LogP contribution in [-0.4, -0.2) is 45.3 Å². The van der Waals surface area contributed by atoms with Crippen LogP contribution >= 0.6 is 23.2 Å². The molecular weight excluding hydrogens is 536 g/mol. The highest BCUT2D eigenvalue weighted by Crippen LogP contribution is 2.43. The molecule has 0 saturated heterocycles. The molecular formula is C16H14BCl2F6N6O2S-. The van der Waals surface area contributed by atoms with Gasteiger partial charge in [0.2, 0.25) is 0 Å². The molecule has 0 fully saturated rings. The number of rotatable bonds is 5. The van der Waals surface area contributed by atoms with Crippen molar-refractivity contribution in [3.8, 4) is 17.2 Å². The number of alkyl halides is 6. The van der Waals surface area contributed by atoms with Gasteiger partial charge in [-0.2, -0.15) is 37.8 Å². The lowest BCUT2D eigenvalue weighted by Crippen LogP contribution is -2.24. The maximum Gasteiger partial charge on any atom is 0.502 e. The predicted molar refractivity (Wildman–Crippen MR) is 112 cm³/mol. The molecule has 34 heavy (non-hydrogen) atoms. The van der Waals surface area contributed by atoms with Crippen molar-refractivity contribution in [2.75, 3.05) is 5.73 Å². The van der Waals surface area contributed by atoms with Crippen molar-refractivity contribution in [2.24, 2.45) is 5.92 Å². The molecule has 0 radical (unpaired) electrons. The van der Waals surface area contributed by atoms with Crippen LogP contribution in [0, 0.1) is 5.92 Å². The van der Waals surface area contributed by atoms with Gasteiger partial charge in [-0.15, -0.1) is 0 Å². The number of nitrogens with zero attached hydrogens (tertiary/aromatic N) is 4. The quantitative estimate of drug-likeness (QED) is 0.451. The van der Waals surface area contributed by atoms with Crippen LogP contribution in [-0.2, 0) is 22.3 Å². The van der Waals surface area contributed by atoms with Crippen LogP contribution in [0.2, 0.25) is 10.0 Å². The van der Waals surface area contributed by atoms with E-state index in [0.717, 1.165) is 0 Å².